The van der Waals surface area contributed by atoms with E-state index in [-0.39, 0.29) is 11.8 Å². The topological polar surface area (TPSA) is 87.2 Å². The van der Waals surface area contributed by atoms with Gasteiger partial charge in [0, 0.05) is 54.1 Å². The summed E-state index contributed by atoms with van der Waals surface area (Å²) in [6.45, 7) is 1.47. The summed E-state index contributed by atoms with van der Waals surface area (Å²) in [4.78, 5) is 34.9. The molecule has 0 aliphatic heterocycles. The first kappa shape index (κ1) is 18.8. The lowest BCUT2D eigenvalue weighted by Crippen LogP contribution is -2.20. The summed E-state index contributed by atoms with van der Waals surface area (Å²) in [5.74, 6) is 0.283. The zero-order valence-corrected chi connectivity index (χ0v) is 17.0. The highest BCUT2D eigenvalue weighted by molar-refractivity contribution is 7.21. The molecule has 29 heavy (non-hydrogen) atoms. The van der Waals surface area contributed by atoms with Crippen LogP contribution in [0.25, 0.3) is 21.0 Å². The van der Waals surface area contributed by atoms with Gasteiger partial charge in [0.05, 0.1) is 10.4 Å². The molecule has 0 bridgehead atoms. The van der Waals surface area contributed by atoms with E-state index in [0.29, 0.717) is 16.5 Å². The molecule has 0 aliphatic rings. The van der Waals surface area contributed by atoms with E-state index in [2.05, 4.69) is 20.6 Å². The van der Waals surface area contributed by atoms with Crippen molar-refractivity contribution >= 4 is 61.5 Å². The molecule has 4 rings (SSSR count). The van der Waals surface area contributed by atoms with Crippen LogP contribution in [0.3, 0.4) is 0 Å². The molecule has 2 N–H and O–H groups in total. The lowest BCUT2D eigenvalue weighted by atomic mass is 10.2. The standard InChI is InChI=1S/C21H19N5O2S/c1-12(27)23-14-5-4-6-15(9-14)24-21-22-11-13-7-8-17-16(19(13)25-21)10-18(29-17)20(28)26(2)3/h4-11H,1-3H3,(H,23,27)(H,22,24,25). The number of fused-ring (bicyclic) bond motifs is 3. The van der Waals surface area contributed by atoms with Gasteiger partial charge in [-0.1, -0.05) is 6.07 Å². The summed E-state index contributed by atoms with van der Waals surface area (Å²) >= 11 is 1.45. The van der Waals surface area contributed by atoms with Crippen LogP contribution in [0, 0.1) is 0 Å². The van der Waals surface area contributed by atoms with Crippen molar-refractivity contribution in [3.05, 3.63) is 53.5 Å². The van der Waals surface area contributed by atoms with E-state index in [9.17, 15) is 9.59 Å². The van der Waals surface area contributed by atoms with Crippen LogP contribution in [-0.4, -0.2) is 40.8 Å². The molecule has 7 nitrogen and oxygen atoms in total. The van der Waals surface area contributed by atoms with Crippen molar-refractivity contribution in [1.82, 2.24) is 14.9 Å². The number of anilines is 3. The Morgan fingerprint density at radius 3 is 2.62 bits per heavy atom. The number of hydrogen-bond donors (Lipinski definition) is 2. The Bertz CT molecular complexity index is 1250. The molecule has 4 aromatic rings. The van der Waals surface area contributed by atoms with Crippen LogP contribution >= 0.6 is 11.3 Å². The van der Waals surface area contributed by atoms with Gasteiger partial charge in [-0.25, -0.2) is 9.97 Å². The quantitative estimate of drug-likeness (QED) is 0.530. The van der Waals surface area contributed by atoms with E-state index < -0.39 is 0 Å². The first-order chi connectivity index (χ1) is 13.9. The summed E-state index contributed by atoms with van der Waals surface area (Å²) in [6.07, 6.45) is 1.76. The smallest absolute Gasteiger partial charge is 0.263 e. The predicted octanol–water partition coefficient (Wildman–Crippen LogP) is 4.25. The monoisotopic (exact) mass is 405 g/mol. The van der Waals surface area contributed by atoms with Gasteiger partial charge in [-0.15, -0.1) is 11.3 Å². The van der Waals surface area contributed by atoms with Gasteiger partial charge < -0.3 is 15.5 Å². The molecular formula is C21H19N5O2S. The number of aromatic nitrogens is 2. The molecule has 8 heteroatoms. The Kier molecular flexibility index (Phi) is 4.85. The first-order valence-corrected chi connectivity index (χ1v) is 9.78. The molecule has 0 fully saturated rings. The summed E-state index contributed by atoms with van der Waals surface area (Å²) in [6, 6.07) is 13.2. The Morgan fingerprint density at radius 1 is 1.07 bits per heavy atom. The van der Waals surface area contributed by atoms with Crippen LogP contribution in [0.4, 0.5) is 17.3 Å². The van der Waals surface area contributed by atoms with Crippen LogP contribution in [0.2, 0.25) is 0 Å². The minimum atomic E-state index is -0.132. The fourth-order valence-corrected chi connectivity index (χ4v) is 4.09. The Morgan fingerprint density at radius 2 is 1.86 bits per heavy atom. The highest BCUT2D eigenvalue weighted by atomic mass is 32.1. The second kappa shape index (κ2) is 7.48. The minimum Gasteiger partial charge on any atom is -0.344 e. The maximum atomic E-state index is 12.3. The first-order valence-electron chi connectivity index (χ1n) is 8.96. The summed E-state index contributed by atoms with van der Waals surface area (Å²) in [5.41, 5.74) is 2.24. The van der Waals surface area contributed by atoms with Crippen molar-refractivity contribution in [2.75, 3.05) is 24.7 Å². The highest BCUT2D eigenvalue weighted by Crippen LogP contribution is 2.32. The normalized spacial score (nSPS) is 10.9. The molecule has 0 saturated heterocycles. The second-order valence-corrected chi connectivity index (χ2v) is 7.89. The maximum absolute atomic E-state index is 12.3. The van der Waals surface area contributed by atoms with Crippen molar-refractivity contribution in [3.8, 4) is 0 Å². The molecule has 2 aromatic carbocycles. The number of amides is 2. The van der Waals surface area contributed by atoms with E-state index in [1.165, 1.54) is 18.3 Å². The number of rotatable bonds is 4. The van der Waals surface area contributed by atoms with Crippen molar-refractivity contribution in [2.24, 2.45) is 0 Å². The molecule has 2 amide bonds. The molecule has 0 spiro atoms. The number of hydrogen-bond acceptors (Lipinski definition) is 6. The van der Waals surface area contributed by atoms with Gasteiger partial charge in [0.15, 0.2) is 0 Å². The third-order valence-corrected chi connectivity index (χ3v) is 5.39. The van der Waals surface area contributed by atoms with E-state index in [0.717, 1.165) is 26.7 Å². The highest BCUT2D eigenvalue weighted by Gasteiger charge is 2.14. The molecule has 0 atom stereocenters. The van der Waals surface area contributed by atoms with Crippen molar-refractivity contribution < 1.29 is 9.59 Å². The number of nitrogens with zero attached hydrogens (tertiary/aromatic N) is 3. The van der Waals surface area contributed by atoms with Gasteiger partial charge in [-0.3, -0.25) is 9.59 Å². The zero-order valence-electron chi connectivity index (χ0n) is 16.2. The molecule has 146 valence electrons. The Balaban J connectivity index is 1.72. The van der Waals surface area contributed by atoms with E-state index in [1.807, 2.05) is 42.5 Å². The van der Waals surface area contributed by atoms with Crippen molar-refractivity contribution in [1.29, 1.82) is 0 Å². The van der Waals surface area contributed by atoms with Crippen LogP contribution in [0.1, 0.15) is 16.6 Å². The van der Waals surface area contributed by atoms with E-state index >= 15 is 0 Å². The molecule has 2 aromatic heterocycles. The van der Waals surface area contributed by atoms with Crippen molar-refractivity contribution in [3.63, 3.8) is 0 Å². The van der Waals surface area contributed by atoms with Crippen LogP contribution in [0.15, 0.2) is 48.7 Å². The summed E-state index contributed by atoms with van der Waals surface area (Å²) < 4.78 is 1.00. The van der Waals surface area contributed by atoms with Gasteiger partial charge >= 0.3 is 0 Å². The fourth-order valence-electron chi connectivity index (χ4n) is 3.00. The largest absolute Gasteiger partial charge is 0.344 e. The van der Waals surface area contributed by atoms with Crippen LogP contribution in [-0.2, 0) is 4.79 Å². The third-order valence-electron chi connectivity index (χ3n) is 4.30. The van der Waals surface area contributed by atoms with Crippen LogP contribution in [0.5, 0.6) is 0 Å². The molecular weight excluding hydrogens is 386 g/mol. The minimum absolute atomic E-state index is 0.0264. The average Bonchev–Trinajstić information content (AvgIpc) is 3.12. The van der Waals surface area contributed by atoms with Crippen molar-refractivity contribution in [2.45, 2.75) is 6.92 Å². The average molecular weight is 405 g/mol. The van der Waals surface area contributed by atoms with Gasteiger partial charge in [-0.05, 0) is 36.4 Å². The molecule has 0 aliphatic carbocycles. The number of thiophene rings is 1. The lowest BCUT2D eigenvalue weighted by molar-refractivity contribution is -0.114. The summed E-state index contributed by atoms with van der Waals surface area (Å²) in [7, 11) is 3.48. The number of nitrogens with one attached hydrogen (secondary N) is 2. The van der Waals surface area contributed by atoms with Gasteiger partial charge in [-0.2, -0.15) is 0 Å². The molecule has 0 radical (unpaired) electrons. The van der Waals surface area contributed by atoms with Gasteiger partial charge in [0.1, 0.15) is 0 Å². The molecule has 0 saturated carbocycles. The maximum Gasteiger partial charge on any atom is 0.263 e. The van der Waals surface area contributed by atoms with Gasteiger partial charge in [0.25, 0.3) is 5.91 Å². The second-order valence-electron chi connectivity index (χ2n) is 6.81. The lowest BCUT2D eigenvalue weighted by Gasteiger charge is -2.08. The Hall–Kier alpha value is -3.52. The third kappa shape index (κ3) is 3.88. The summed E-state index contributed by atoms with van der Waals surface area (Å²) in [5, 5.41) is 7.76. The zero-order chi connectivity index (χ0) is 20.5. The van der Waals surface area contributed by atoms with Crippen LogP contribution < -0.4 is 10.6 Å². The molecule has 2 heterocycles. The van der Waals surface area contributed by atoms with E-state index in [4.69, 9.17) is 0 Å². The van der Waals surface area contributed by atoms with E-state index in [1.54, 1.807) is 25.2 Å². The predicted molar refractivity (Wildman–Crippen MR) is 117 cm³/mol. The number of benzene rings is 2. The Labute approximate surface area is 171 Å². The SMILES string of the molecule is CC(=O)Nc1cccc(Nc2ncc3ccc4sc(C(=O)N(C)C)cc4c3n2)c1. The molecule has 0 unspecified atom stereocenters. The number of carbonyl (C=O) groups excluding carboxylic acids is 2. The fraction of sp³-hybridized carbons (Fsp3) is 0.143. The van der Waals surface area contributed by atoms with Gasteiger partial charge in [0.2, 0.25) is 11.9 Å². The number of carbonyl (C=O) groups is 2.